The summed E-state index contributed by atoms with van der Waals surface area (Å²) in [6, 6.07) is 21.2. The molecule has 38 heavy (non-hydrogen) atoms. The third-order valence-electron chi connectivity index (χ3n) is 6.88. The molecular weight excluding hydrogens is 522 g/mol. The molecule has 1 unspecified atom stereocenters. The molecule has 0 spiro atoms. The lowest BCUT2D eigenvalue weighted by Crippen LogP contribution is -2.19. The van der Waals surface area contributed by atoms with Crippen molar-refractivity contribution in [2.75, 3.05) is 14.2 Å². The number of benzene rings is 3. The number of nitrogens with zero attached hydrogens (tertiary/aromatic N) is 5. The molecule has 1 atom stereocenters. The summed E-state index contributed by atoms with van der Waals surface area (Å²) in [4.78, 5) is 1.11. The molecule has 0 radical (unpaired) electrons. The predicted molar refractivity (Wildman–Crippen MR) is 146 cm³/mol. The second kappa shape index (κ2) is 11.5. The fourth-order valence-corrected chi connectivity index (χ4v) is 6.96. The highest BCUT2D eigenvalue weighted by Crippen LogP contribution is 2.36. The van der Waals surface area contributed by atoms with Gasteiger partial charge >= 0.3 is 0 Å². The number of ether oxygens (including phenoxy) is 2. The van der Waals surface area contributed by atoms with Crippen molar-refractivity contribution in [2.45, 2.75) is 54.0 Å². The topological polar surface area (TPSA) is 91.5 Å². The predicted octanol–water partition coefficient (Wildman–Crippen LogP) is 6.52. The van der Waals surface area contributed by atoms with Gasteiger partial charge in [-0.05, 0) is 89.5 Å². The third-order valence-corrected chi connectivity index (χ3v) is 9.46. The van der Waals surface area contributed by atoms with Gasteiger partial charge in [-0.3, -0.25) is 0 Å². The fourth-order valence-electron chi connectivity index (χ4n) is 4.79. The van der Waals surface area contributed by atoms with Gasteiger partial charge in [0.1, 0.15) is 27.3 Å². The first-order valence-corrected chi connectivity index (χ1v) is 14.5. The maximum atomic E-state index is 15.1. The van der Waals surface area contributed by atoms with Crippen molar-refractivity contribution in [1.29, 1.82) is 0 Å². The minimum Gasteiger partial charge on any atom is -0.497 e. The molecule has 1 heterocycles. The standard InChI is InChI=1S/C28H30ClN5O3S/c1-36-23-12-16-25(17-13-23)38(35,26-18-14-24(37-2)15-19-26)31-27(20-8-10-21(29)11-9-20)28-30-32-33-34(28)22-6-4-3-5-7-22/h8-19,22,27H,3-7H2,1-2H3. The van der Waals surface area contributed by atoms with E-state index in [0.717, 1.165) is 31.2 Å². The highest BCUT2D eigenvalue weighted by Gasteiger charge is 2.29. The van der Waals surface area contributed by atoms with Crippen LogP contribution in [0.1, 0.15) is 55.6 Å². The molecule has 0 aliphatic heterocycles. The minimum atomic E-state index is -3.16. The Kier molecular flexibility index (Phi) is 7.95. The molecule has 5 rings (SSSR count). The van der Waals surface area contributed by atoms with Crippen LogP contribution in [-0.4, -0.2) is 38.6 Å². The van der Waals surface area contributed by atoms with Gasteiger partial charge in [0.2, 0.25) is 0 Å². The summed E-state index contributed by atoms with van der Waals surface area (Å²) in [6.07, 6.45) is 5.46. The number of methoxy groups -OCH3 is 2. The third kappa shape index (κ3) is 5.39. The van der Waals surface area contributed by atoms with Gasteiger partial charge in [0.25, 0.3) is 0 Å². The molecule has 0 saturated heterocycles. The summed E-state index contributed by atoms with van der Waals surface area (Å²) in [7, 11) is 0.0426. The van der Waals surface area contributed by atoms with E-state index in [-0.39, 0.29) is 6.04 Å². The molecule has 10 heteroatoms. The second-order valence-corrected chi connectivity index (χ2v) is 11.9. The Hall–Kier alpha value is -3.43. The first kappa shape index (κ1) is 26.2. The van der Waals surface area contributed by atoms with Crippen LogP contribution in [0.25, 0.3) is 0 Å². The first-order chi connectivity index (χ1) is 18.5. The molecule has 0 N–H and O–H groups in total. The van der Waals surface area contributed by atoms with Gasteiger partial charge in [0, 0.05) is 5.02 Å². The highest BCUT2D eigenvalue weighted by atomic mass is 35.5. The quantitative estimate of drug-likeness (QED) is 0.247. The number of rotatable bonds is 8. The van der Waals surface area contributed by atoms with Crippen LogP contribution < -0.4 is 9.47 Å². The van der Waals surface area contributed by atoms with E-state index in [9.17, 15) is 0 Å². The van der Waals surface area contributed by atoms with Crippen molar-refractivity contribution in [3.05, 3.63) is 89.2 Å². The average Bonchev–Trinajstić information content (AvgIpc) is 3.47. The largest absolute Gasteiger partial charge is 0.497 e. The van der Waals surface area contributed by atoms with Gasteiger partial charge in [-0.15, -0.1) is 5.10 Å². The molecule has 0 amide bonds. The normalized spacial score (nSPS) is 15.1. The van der Waals surface area contributed by atoms with Gasteiger partial charge in [-0.25, -0.2) is 13.3 Å². The Bertz CT molecular complexity index is 1420. The molecule has 1 fully saturated rings. The van der Waals surface area contributed by atoms with Crippen LogP contribution in [0.5, 0.6) is 11.5 Å². The number of tetrazole rings is 1. The molecule has 1 aliphatic carbocycles. The fraction of sp³-hybridized carbons (Fsp3) is 0.321. The molecule has 1 aromatic heterocycles. The smallest absolute Gasteiger partial charge is 0.181 e. The molecule has 0 bridgehead atoms. The molecule has 3 aromatic carbocycles. The molecule has 8 nitrogen and oxygen atoms in total. The van der Waals surface area contributed by atoms with E-state index in [1.807, 2.05) is 16.8 Å². The van der Waals surface area contributed by atoms with E-state index in [2.05, 4.69) is 15.5 Å². The molecule has 198 valence electrons. The number of aromatic nitrogens is 4. The van der Waals surface area contributed by atoms with Crippen molar-refractivity contribution in [1.82, 2.24) is 20.2 Å². The van der Waals surface area contributed by atoms with Crippen molar-refractivity contribution < 1.29 is 13.7 Å². The van der Waals surface area contributed by atoms with E-state index in [0.29, 0.717) is 32.1 Å². The van der Waals surface area contributed by atoms with Crippen molar-refractivity contribution in [2.24, 2.45) is 4.36 Å². The van der Waals surface area contributed by atoms with Crippen LogP contribution in [0.3, 0.4) is 0 Å². The Balaban J connectivity index is 1.73. The summed E-state index contributed by atoms with van der Waals surface area (Å²) >= 11 is 6.22. The summed E-state index contributed by atoms with van der Waals surface area (Å²) in [5.41, 5.74) is 0.802. The van der Waals surface area contributed by atoms with Crippen LogP contribution >= 0.6 is 11.6 Å². The lowest BCUT2D eigenvalue weighted by atomic mass is 9.95. The zero-order valence-electron chi connectivity index (χ0n) is 21.4. The maximum absolute atomic E-state index is 15.1. The van der Waals surface area contributed by atoms with Gasteiger partial charge in [0.15, 0.2) is 5.82 Å². The van der Waals surface area contributed by atoms with E-state index in [4.69, 9.17) is 25.4 Å². The van der Waals surface area contributed by atoms with Gasteiger partial charge in [-0.1, -0.05) is 43.0 Å². The lowest BCUT2D eigenvalue weighted by Gasteiger charge is -2.24. The summed E-state index contributed by atoms with van der Waals surface area (Å²) in [5.74, 6) is 1.90. The van der Waals surface area contributed by atoms with E-state index in [1.165, 1.54) is 6.42 Å². The van der Waals surface area contributed by atoms with Gasteiger partial charge in [0.05, 0.1) is 30.1 Å². The Morgan fingerprint density at radius 2 is 1.42 bits per heavy atom. The van der Waals surface area contributed by atoms with Crippen LogP contribution in [-0.2, 0) is 9.73 Å². The Morgan fingerprint density at radius 3 is 1.95 bits per heavy atom. The molecule has 1 saturated carbocycles. The summed E-state index contributed by atoms with van der Waals surface area (Å²) in [6.45, 7) is 0. The summed E-state index contributed by atoms with van der Waals surface area (Å²) < 4.78 is 32.7. The average molecular weight is 552 g/mol. The zero-order chi connectivity index (χ0) is 26.5. The van der Waals surface area contributed by atoms with Crippen molar-refractivity contribution in [3.8, 4) is 11.5 Å². The van der Waals surface area contributed by atoms with Crippen LogP contribution in [0, 0.1) is 0 Å². The van der Waals surface area contributed by atoms with Crippen molar-refractivity contribution >= 4 is 21.3 Å². The summed E-state index contributed by atoms with van der Waals surface area (Å²) in [5, 5.41) is 13.4. The maximum Gasteiger partial charge on any atom is 0.181 e. The minimum absolute atomic E-state index is 0.178. The number of halogens is 1. The van der Waals surface area contributed by atoms with E-state index < -0.39 is 15.8 Å². The second-order valence-electron chi connectivity index (χ2n) is 9.21. The highest BCUT2D eigenvalue weighted by molar-refractivity contribution is 7.93. The van der Waals surface area contributed by atoms with E-state index in [1.54, 1.807) is 74.9 Å². The Labute approximate surface area is 228 Å². The van der Waals surface area contributed by atoms with Crippen LogP contribution in [0.15, 0.2) is 87.0 Å². The number of hydrogen-bond acceptors (Lipinski definition) is 7. The van der Waals surface area contributed by atoms with Crippen LogP contribution in [0.4, 0.5) is 0 Å². The first-order valence-electron chi connectivity index (χ1n) is 12.6. The SMILES string of the molecule is COc1ccc(S(=O)(=NC(c2ccc(Cl)cc2)c2nnnn2C2CCCCC2)c2ccc(OC)cc2)cc1. The zero-order valence-corrected chi connectivity index (χ0v) is 22.9. The monoisotopic (exact) mass is 551 g/mol. The van der Waals surface area contributed by atoms with Gasteiger partial charge < -0.3 is 9.47 Å². The van der Waals surface area contributed by atoms with Crippen LogP contribution in [0.2, 0.25) is 5.02 Å². The van der Waals surface area contributed by atoms with Crippen molar-refractivity contribution in [3.63, 3.8) is 0 Å². The molecule has 1 aliphatic rings. The van der Waals surface area contributed by atoms with E-state index >= 15 is 4.21 Å². The number of hydrogen-bond donors (Lipinski definition) is 0. The van der Waals surface area contributed by atoms with Gasteiger partial charge in [-0.2, -0.15) is 0 Å². The Morgan fingerprint density at radius 1 is 0.868 bits per heavy atom. The molecule has 4 aromatic rings. The lowest BCUT2D eigenvalue weighted by molar-refractivity contribution is 0.314. The molecular formula is C28H30ClN5O3S.